The molecule has 15 heavy (non-hydrogen) atoms. The Bertz CT molecular complexity index is 488. The van der Waals surface area contributed by atoms with Crippen LogP contribution in [0.2, 0.25) is 0 Å². The Labute approximate surface area is 88.9 Å². The van der Waals surface area contributed by atoms with E-state index in [0.717, 1.165) is 11.5 Å². The van der Waals surface area contributed by atoms with Gasteiger partial charge in [0, 0.05) is 13.3 Å². The number of rotatable bonds is 2. The molecule has 0 bridgehead atoms. The molecule has 2 heterocycles. The Hall–Kier alpha value is -1.42. The zero-order chi connectivity index (χ0) is 11.1. The largest absolute Gasteiger partial charge is 0.371 e. The lowest BCUT2D eigenvalue weighted by Crippen LogP contribution is -2.22. The minimum atomic E-state index is -0.422. The highest BCUT2D eigenvalue weighted by molar-refractivity contribution is 5.41. The molecule has 4 nitrogen and oxygen atoms in total. The summed E-state index contributed by atoms with van der Waals surface area (Å²) in [4.78, 5) is 0. The highest BCUT2D eigenvalue weighted by atomic mass is 16.5. The van der Waals surface area contributed by atoms with E-state index in [1.54, 1.807) is 7.11 Å². The van der Waals surface area contributed by atoms with Gasteiger partial charge in [0.15, 0.2) is 11.5 Å². The number of ether oxygens (including phenoxy) is 1. The van der Waals surface area contributed by atoms with Crippen molar-refractivity contribution < 1.29 is 4.74 Å². The maximum atomic E-state index is 5.40. The van der Waals surface area contributed by atoms with E-state index < -0.39 is 5.60 Å². The first-order valence-electron chi connectivity index (χ1n) is 4.91. The van der Waals surface area contributed by atoms with E-state index in [-0.39, 0.29) is 0 Å². The number of methoxy groups -OCH3 is 1. The standard InChI is InChI=1S/C11H15N3O/c1-8-5-6-14-9(7-8)12-13-10(14)11(2,3)15-4/h5-7H,1-4H3. The van der Waals surface area contributed by atoms with Gasteiger partial charge in [-0.25, -0.2) is 0 Å². The van der Waals surface area contributed by atoms with Gasteiger partial charge >= 0.3 is 0 Å². The number of hydrogen-bond donors (Lipinski definition) is 0. The average Bonchev–Trinajstić information content (AvgIpc) is 2.61. The molecule has 0 saturated carbocycles. The predicted molar refractivity (Wildman–Crippen MR) is 57.8 cm³/mol. The van der Waals surface area contributed by atoms with Crippen LogP contribution in [-0.4, -0.2) is 21.7 Å². The van der Waals surface area contributed by atoms with Crippen LogP contribution < -0.4 is 0 Å². The molecule has 0 N–H and O–H groups in total. The van der Waals surface area contributed by atoms with Crippen molar-refractivity contribution in [3.8, 4) is 0 Å². The monoisotopic (exact) mass is 205 g/mol. The third-order valence-electron chi connectivity index (χ3n) is 2.61. The van der Waals surface area contributed by atoms with Crippen LogP contribution in [0.5, 0.6) is 0 Å². The first-order valence-corrected chi connectivity index (χ1v) is 4.91. The number of hydrogen-bond acceptors (Lipinski definition) is 3. The number of pyridine rings is 1. The Morgan fingerprint density at radius 3 is 2.73 bits per heavy atom. The summed E-state index contributed by atoms with van der Waals surface area (Å²) in [5, 5.41) is 8.29. The summed E-state index contributed by atoms with van der Waals surface area (Å²) in [6, 6.07) is 4.04. The van der Waals surface area contributed by atoms with Gasteiger partial charge in [0.25, 0.3) is 0 Å². The predicted octanol–water partition coefficient (Wildman–Crippen LogP) is 1.92. The smallest absolute Gasteiger partial charge is 0.169 e. The van der Waals surface area contributed by atoms with Crippen molar-refractivity contribution in [1.82, 2.24) is 14.6 Å². The van der Waals surface area contributed by atoms with Gasteiger partial charge in [-0.2, -0.15) is 0 Å². The van der Waals surface area contributed by atoms with Gasteiger partial charge in [0.05, 0.1) is 0 Å². The summed E-state index contributed by atoms with van der Waals surface area (Å²) in [7, 11) is 1.68. The molecule has 0 fully saturated rings. The van der Waals surface area contributed by atoms with Crippen LogP contribution >= 0.6 is 0 Å². The zero-order valence-electron chi connectivity index (χ0n) is 9.48. The Morgan fingerprint density at radius 1 is 1.33 bits per heavy atom. The molecule has 0 aromatic carbocycles. The first kappa shape index (κ1) is 10.1. The molecule has 0 aliphatic carbocycles. The molecule has 0 amide bonds. The lowest BCUT2D eigenvalue weighted by atomic mass is 10.1. The van der Waals surface area contributed by atoms with Crippen molar-refractivity contribution in [3.05, 3.63) is 29.7 Å². The molecule has 80 valence electrons. The van der Waals surface area contributed by atoms with E-state index in [4.69, 9.17) is 4.74 Å². The maximum Gasteiger partial charge on any atom is 0.169 e. The van der Waals surface area contributed by atoms with Gasteiger partial charge in [-0.15, -0.1) is 10.2 Å². The Kier molecular flexibility index (Phi) is 2.23. The van der Waals surface area contributed by atoms with E-state index in [9.17, 15) is 0 Å². The van der Waals surface area contributed by atoms with E-state index in [2.05, 4.69) is 10.2 Å². The van der Waals surface area contributed by atoms with Gasteiger partial charge < -0.3 is 4.74 Å². The van der Waals surface area contributed by atoms with Crippen LogP contribution in [0, 0.1) is 6.92 Å². The molecule has 2 aromatic heterocycles. The molecular weight excluding hydrogens is 190 g/mol. The molecule has 2 aromatic rings. The summed E-state index contributed by atoms with van der Waals surface area (Å²) >= 11 is 0. The van der Waals surface area contributed by atoms with Gasteiger partial charge in [-0.3, -0.25) is 4.40 Å². The quantitative estimate of drug-likeness (QED) is 0.752. The van der Waals surface area contributed by atoms with Crippen LogP contribution in [0.1, 0.15) is 25.2 Å². The van der Waals surface area contributed by atoms with Crippen molar-refractivity contribution in [2.45, 2.75) is 26.4 Å². The van der Waals surface area contributed by atoms with Gasteiger partial charge in [0.1, 0.15) is 5.60 Å². The number of aromatic nitrogens is 3. The van der Waals surface area contributed by atoms with E-state index >= 15 is 0 Å². The van der Waals surface area contributed by atoms with Crippen LogP contribution in [0.4, 0.5) is 0 Å². The number of aryl methyl sites for hydroxylation is 1. The molecule has 0 unspecified atom stereocenters. The zero-order valence-corrected chi connectivity index (χ0v) is 9.48. The van der Waals surface area contributed by atoms with Crippen molar-refractivity contribution in [1.29, 1.82) is 0 Å². The van der Waals surface area contributed by atoms with Crippen LogP contribution in [0.25, 0.3) is 5.65 Å². The fraction of sp³-hybridized carbons (Fsp3) is 0.455. The second-order valence-corrected chi connectivity index (χ2v) is 4.17. The lowest BCUT2D eigenvalue weighted by Gasteiger charge is -2.20. The molecule has 0 radical (unpaired) electrons. The van der Waals surface area contributed by atoms with Crippen molar-refractivity contribution in [2.24, 2.45) is 0 Å². The van der Waals surface area contributed by atoms with Gasteiger partial charge in [-0.05, 0) is 38.5 Å². The first-order chi connectivity index (χ1) is 7.04. The fourth-order valence-corrected chi connectivity index (χ4v) is 1.49. The third-order valence-corrected chi connectivity index (χ3v) is 2.61. The van der Waals surface area contributed by atoms with E-state index in [1.165, 1.54) is 5.56 Å². The van der Waals surface area contributed by atoms with Crippen LogP contribution in [-0.2, 0) is 10.3 Å². The van der Waals surface area contributed by atoms with Crippen LogP contribution in [0.15, 0.2) is 18.3 Å². The fourth-order valence-electron chi connectivity index (χ4n) is 1.49. The second-order valence-electron chi connectivity index (χ2n) is 4.17. The van der Waals surface area contributed by atoms with Gasteiger partial charge in [0.2, 0.25) is 0 Å². The SMILES string of the molecule is COC(C)(C)c1nnc2cc(C)ccn12. The topological polar surface area (TPSA) is 39.4 Å². The molecule has 2 rings (SSSR count). The Balaban J connectivity index is 2.64. The maximum absolute atomic E-state index is 5.40. The summed E-state index contributed by atoms with van der Waals surface area (Å²) in [5.41, 5.74) is 1.61. The minimum Gasteiger partial charge on any atom is -0.371 e. The minimum absolute atomic E-state index is 0.422. The summed E-state index contributed by atoms with van der Waals surface area (Å²) in [6.07, 6.45) is 1.97. The number of fused-ring (bicyclic) bond motifs is 1. The number of nitrogens with zero attached hydrogens (tertiary/aromatic N) is 3. The summed E-state index contributed by atoms with van der Waals surface area (Å²) < 4.78 is 7.35. The molecular formula is C11H15N3O. The van der Waals surface area contributed by atoms with Crippen molar-refractivity contribution in [2.75, 3.05) is 7.11 Å². The lowest BCUT2D eigenvalue weighted by molar-refractivity contribution is 0.0106. The second kappa shape index (κ2) is 3.31. The average molecular weight is 205 g/mol. The molecule has 0 aliphatic heterocycles. The molecule has 4 heteroatoms. The van der Waals surface area contributed by atoms with E-state index in [0.29, 0.717) is 0 Å². The molecule has 0 spiro atoms. The summed E-state index contributed by atoms with van der Waals surface area (Å²) in [6.45, 7) is 5.99. The van der Waals surface area contributed by atoms with E-state index in [1.807, 2.05) is 43.5 Å². The normalized spacial score (nSPS) is 12.3. The Morgan fingerprint density at radius 2 is 2.07 bits per heavy atom. The summed E-state index contributed by atoms with van der Waals surface area (Å²) in [5.74, 6) is 0.819. The molecule has 0 atom stereocenters. The van der Waals surface area contributed by atoms with Crippen molar-refractivity contribution in [3.63, 3.8) is 0 Å². The van der Waals surface area contributed by atoms with Gasteiger partial charge in [-0.1, -0.05) is 0 Å². The highest BCUT2D eigenvalue weighted by Crippen LogP contribution is 2.22. The molecule has 0 saturated heterocycles. The van der Waals surface area contributed by atoms with Crippen molar-refractivity contribution >= 4 is 5.65 Å². The highest BCUT2D eigenvalue weighted by Gasteiger charge is 2.25. The molecule has 0 aliphatic rings. The third kappa shape index (κ3) is 1.61. The van der Waals surface area contributed by atoms with Crippen LogP contribution in [0.3, 0.4) is 0 Å².